The first-order valence-electron chi connectivity index (χ1n) is 4.66. The van der Waals surface area contributed by atoms with Crippen LogP contribution in [0.2, 0.25) is 0 Å². The molecular formula is C10H22O2. The molecule has 0 radical (unpaired) electrons. The molecule has 0 saturated carbocycles. The largest absolute Gasteiger partial charge is 0.368 e. The summed E-state index contributed by atoms with van der Waals surface area (Å²) in [5, 5.41) is 18.5. The maximum Gasteiger partial charge on any atom is 0.157 e. The lowest BCUT2D eigenvalue weighted by molar-refractivity contribution is -0.153. The SMILES string of the molecule is CC(C)CC(C)(C(C)C)C(O)O. The van der Waals surface area contributed by atoms with Gasteiger partial charge in [-0.3, -0.25) is 0 Å². The lowest BCUT2D eigenvalue weighted by Crippen LogP contribution is -2.38. The molecule has 0 heterocycles. The van der Waals surface area contributed by atoms with E-state index in [1.807, 2.05) is 20.8 Å². The van der Waals surface area contributed by atoms with Gasteiger partial charge in [-0.15, -0.1) is 0 Å². The van der Waals surface area contributed by atoms with E-state index in [4.69, 9.17) is 0 Å². The van der Waals surface area contributed by atoms with Crippen molar-refractivity contribution in [1.82, 2.24) is 0 Å². The molecule has 1 unspecified atom stereocenters. The van der Waals surface area contributed by atoms with Gasteiger partial charge < -0.3 is 10.2 Å². The average Bonchev–Trinajstić information content (AvgIpc) is 1.84. The fourth-order valence-corrected chi connectivity index (χ4v) is 1.52. The van der Waals surface area contributed by atoms with Crippen molar-refractivity contribution < 1.29 is 10.2 Å². The van der Waals surface area contributed by atoms with E-state index in [1.165, 1.54) is 0 Å². The van der Waals surface area contributed by atoms with E-state index < -0.39 is 6.29 Å². The Labute approximate surface area is 75.6 Å². The van der Waals surface area contributed by atoms with E-state index in [-0.39, 0.29) is 5.41 Å². The van der Waals surface area contributed by atoms with Gasteiger partial charge in [0.25, 0.3) is 0 Å². The molecular weight excluding hydrogens is 152 g/mol. The summed E-state index contributed by atoms with van der Waals surface area (Å²) < 4.78 is 0. The molecule has 0 rings (SSSR count). The summed E-state index contributed by atoms with van der Waals surface area (Å²) in [6.45, 7) is 10.2. The zero-order chi connectivity index (χ0) is 9.94. The second-order valence-corrected chi connectivity index (χ2v) is 4.63. The maximum absolute atomic E-state index is 9.25. The van der Waals surface area contributed by atoms with Gasteiger partial charge in [0.05, 0.1) is 0 Å². The molecule has 0 saturated heterocycles. The monoisotopic (exact) mass is 174 g/mol. The zero-order valence-electron chi connectivity index (χ0n) is 8.83. The predicted octanol–water partition coefficient (Wildman–Crippen LogP) is 2.01. The second-order valence-electron chi connectivity index (χ2n) is 4.63. The predicted molar refractivity (Wildman–Crippen MR) is 50.6 cm³/mol. The van der Waals surface area contributed by atoms with Gasteiger partial charge in [-0.2, -0.15) is 0 Å². The molecule has 74 valence electrons. The van der Waals surface area contributed by atoms with E-state index in [2.05, 4.69) is 13.8 Å². The fourth-order valence-electron chi connectivity index (χ4n) is 1.52. The highest BCUT2D eigenvalue weighted by Gasteiger charge is 2.35. The van der Waals surface area contributed by atoms with E-state index >= 15 is 0 Å². The van der Waals surface area contributed by atoms with Crippen LogP contribution in [0.25, 0.3) is 0 Å². The zero-order valence-corrected chi connectivity index (χ0v) is 8.83. The standard InChI is InChI=1S/C10H22O2/c1-7(2)6-10(5,8(3)4)9(11)12/h7-9,11-12H,6H2,1-5H3. The third-order valence-electron chi connectivity index (χ3n) is 2.76. The number of hydrogen-bond acceptors (Lipinski definition) is 2. The summed E-state index contributed by atoms with van der Waals surface area (Å²) in [4.78, 5) is 0. The van der Waals surface area contributed by atoms with Crippen molar-refractivity contribution in [1.29, 1.82) is 0 Å². The van der Waals surface area contributed by atoms with E-state index in [0.717, 1.165) is 6.42 Å². The van der Waals surface area contributed by atoms with Crippen LogP contribution in [0.4, 0.5) is 0 Å². The highest BCUT2D eigenvalue weighted by molar-refractivity contribution is 4.80. The molecule has 0 spiro atoms. The number of aliphatic hydroxyl groups excluding tert-OH is 1. The fraction of sp³-hybridized carbons (Fsp3) is 1.00. The van der Waals surface area contributed by atoms with Gasteiger partial charge in [0.2, 0.25) is 0 Å². The molecule has 0 fully saturated rings. The van der Waals surface area contributed by atoms with Crippen LogP contribution >= 0.6 is 0 Å². The van der Waals surface area contributed by atoms with Crippen LogP contribution in [0.1, 0.15) is 41.0 Å². The van der Waals surface area contributed by atoms with Gasteiger partial charge in [0.15, 0.2) is 6.29 Å². The van der Waals surface area contributed by atoms with Crippen LogP contribution in [-0.4, -0.2) is 16.5 Å². The highest BCUT2D eigenvalue weighted by atomic mass is 16.5. The van der Waals surface area contributed by atoms with Crippen LogP contribution in [0.15, 0.2) is 0 Å². The molecule has 2 N–H and O–H groups in total. The van der Waals surface area contributed by atoms with Gasteiger partial charge >= 0.3 is 0 Å². The van der Waals surface area contributed by atoms with Gasteiger partial charge in [-0.1, -0.05) is 34.6 Å². The molecule has 1 atom stereocenters. The van der Waals surface area contributed by atoms with Crippen molar-refractivity contribution in [2.45, 2.75) is 47.3 Å². The lowest BCUT2D eigenvalue weighted by Gasteiger charge is -2.36. The Kier molecular flexibility index (Phi) is 4.21. The first kappa shape index (κ1) is 11.9. The maximum atomic E-state index is 9.25. The summed E-state index contributed by atoms with van der Waals surface area (Å²) in [7, 11) is 0. The molecule has 0 aliphatic rings. The van der Waals surface area contributed by atoms with Gasteiger partial charge in [-0.25, -0.2) is 0 Å². The Morgan fingerprint density at radius 1 is 1.08 bits per heavy atom. The Morgan fingerprint density at radius 3 is 1.58 bits per heavy atom. The lowest BCUT2D eigenvalue weighted by atomic mass is 9.73. The minimum atomic E-state index is -1.21. The van der Waals surface area contributed by atoms with Crippen molar-refractivity contribution in [3.8, 4) is 0 Å². The Balaban J connectivity index is 4.40. The summed E-state index contributed by atoms with van der Waals surface area (Å²) in [5.41, 5.74) is -0.367. The third kappa shape index (κ3) is 2.76. The molecule has 0 aromatic rings. The summed E-state index contributed by atoms with van der Waals surface area (Å²) in [5.74, 6) is 0.791. The van der Waals surface area contributed by atoms with Crippen molar-refractivity contribution in [2.24, 2.45) is 17.3 Å². The number of hydrogen-bond donors (Lipinski definition) is 2. The minimum Gasteiger partial charge on any atom is -0.368 e. The summed E-state index contributed by atoms with van der Waals surface area (Å²) in [6, 6.07) is 0. The first-order valence-corrected chi connectivity index (χ1v) is 4.66. The topological polar surface area (TPSA) is 40.5 Å². The van der Waals surface area contributed by atoms with Crippen LogP contribution in [-0.2, 0) is 0 Å². The van der Waals surface area contributed by atoms with E-state index in [1.54, 1.807) is 0 Å². The second kappa shape index (κ2) is 4.24. The van der Waals surface area contributed by atoms with Crippen molar-refractivity contribution in [3.05, 3.63) is 0 Å². The minimum absolute atomic E-state index is 0.292. The molecule has 0 aromatic heterocycles. The van der Waals surface area contributed by atoms with Gasteiger partial charge in [0.1, 0.15) is 0 Å². The molecule has 2 heteroatoms. The van der Waals surface area contributed by atoms with Crippen LogP contribution in [0.5, 0.6) is 0 Å². The molecule has 0 aliphatic carbocycles. The van der Waals surface area contributed by atoms with Gasteiger partial charge in [-0.05, 0) is 18.3 Å². The summed E-state index contributed by atoms with van der Waals surface area (Å²) in [6.07, 6.45) is -0.359. The number of aliphatic hydroxyl groups is 2. The molecule has 0 amide bonds. The Bertz CT molecular complexity index is 120. The van der Waals surface area contributed by atoms with E-state index in [0.29, 0.717) is 11.8 Å². The Hall–Kier alpha value is -0.0800. The molecule has 2 nitrogen and oxygen atoms in total. The normalized spacial score (nSPS) is 17.5. The number of rotatable bonds is 4. The average molecular weight is 174 g/mol. The molecule has 0 bridgehead atoms. The highest BCUT2D eigenvalue weighted by Crippen LogP contribution is 2.36. The van der Waals surface area contributed by atoms with Gasteiger partial charge in [0, 0.05) is 5.41 Å². The summed E-state index contributed by atoms with van der Waals surface area (Å²) >= 11 is 0. The van der Waals surface area contributed by atoms with Crippen LogP contribution in [0.3, 0.4) is 0 Å². The third-order valence-corrected chi connectivity index (χ3v) is 2.76. The smallest absolute Gasteiger partial charge is 0.157 e. The quantitative estimate of drug-likeness (QED) is 0.640. The first-order chi connectivity index (χ1) is 5.30. The van der Waals surface area contributed by atoms with E-state index in [9.17, 15) is 10.2 Å². The van der Waals surface area contributed by atoms with Crippen LogP contribution in [0, 0.1) is 17.3 Å². The van der Waals surface area contributed by atoms with Crippen molar-refractivity contribution >= 4 is 0 Å². The Morgan fingerprint density at radius 2 is 1.50 bits per heavy atom. The van der Waals surface area contributed by atoms with Crippen LogP contribution < -0.4 is 0 Å². The molecule has 0 aromatic carbocycles. The van der Waals surface area contributed by atoms with Crippen molar-refractivity contribution in [3.63, 3.8) is 0 Å². The van der Waals surface area contributed by atoms with Crippen molar-refractivity contribution in [2.75, 3.05) is 0 Å². The molecule has 12 heavy (non-hydrogen) atoms. The molecule has 0 aliphatic heterocycles.